The number of amides is 1. The van der Waals surface area contributed by atoms with Crippen molar-refractivity contribution >= 4 is 11.9 Å². The molecule has 0 radical (unpaired) electrons. The summed E-state index contributed by atoms with van der Waals surface area (Å²) < 4.78 is 10.6. The van der Waals surface area contributed by atoms with Gasteiger partial charge in [0.2, 0.25) is 12.7 Å². The Morgan fingerprint density at radius 3 is 2.73 bits per heavy atom. The smallest absolute Gasteiger partial charge is 0.339 e. The number of carboxylic acids is 1. The van der Waals surface area contributed by atoms with E-state index in [4.69, 9.17) is 15.2 Å². The molecule has 1 aliphatic heterocycles. The minimum absolute atomic E-state index is 0.0200. The molecule has 0 saturated carbocycles. The fraction of sp³-hybridized carbons (Fsp3) is 0.579. The summed E-state index contributed by atoms with van der Waals surface area (Å²) in [7, 11) is 0. The first-order chi connectivity index (χ1) is 12.4. The monoisotopic (exact) mass is 364 g/mol. The zero-order valence-electron chi connectivity index (χ0n) is 15.4. The predicted octanol–water partition coefficient (Wildman–Crippen LogP) is 2.17. The van der Waals surface area contributed by atoms with Gasteiger partial charge >= 0.3 is 5.97 Å². The SMILES string of the molecule is CC(C)C[C@H](CNC(=O)CCCN)Cc1ccc2c(c1C(=O)O)OCO2. The van der Waals surface area contributed by atoms with Gasteiger partial charge in [0.15, 0.2) is 11.5 Å². The number of rotatable bonds is 10. The molecule has 1 atom stereocenters. The number of benzene rings is 1. The van der Waals surface area contributed by atoms with Gasteiger partial charge in [0, 0.05) is 13.0 Å². The number of aromatic carboxylic acids is 1. The molecule has 1 amide bonds. The molecule has 2 rings (SSSR count). The number of carbonyl (C=O) groups excluding carboxylic acids is 1. The van der Waals surface area contributed by atoms with Gasteiger partial charge in [-0.2, -0.15) is 0 Å². The normalized spacial score (nSPS) is 13.7. The van der Waals surface area contributed by atoms with Crippen molar-refractivity contribution in [2.75, 3.05) is 19.9 Å². The molecule has 7 heteroatoms. The van der Waals surface area contributed by atoms with Gasteiger partial charge in [-0.05, 0) is 49.3 Å². The maximum atomic E-state index is 11.9. The summed E-state index contributed by atoms with van der Waals surface area (Å²) in [5.41, 5.74) is 6.29. The van der Waals surface area contributed by atoms with Crippen molar-refractivity contribution in [1.29, 1.82) is 0 Å². The Hall–Kier alpha value is -2.28. The molecule has 1 aliphatic rings. The number of nitrogens with one attached hydrogen (secondary N) is 1. The fourth-order valence-electron chi connectivity index (χ4n) is 3.24. The molecule has 1 heterocycles. The van der Waals surface area contributed by atoms with Crippen LogP contribution in [0.5, 0.6) is 11.5 Å². The average Bonchev–Trinajstić information content (AvgIpc) is 3.05. The lowest BCUT2D eigenvalue weighted by molar-refractivity contribution is -0.121. The summed E-state index contributed by atoms with van der Waals surface area (Å²) in [4.78, 5) is 23.6. The highest BCUT2D eigenvalue weighted by Crippen LogP contribution is 2.38. The molecule has 1 aromatic carbocycles. The zero-order valence-corrected chi connectivity index (χ0v) is 15.4. The van der Waals surface area contributed by atoms with Crippen LogP contribution in [0.4, 0.5) is 0 Å². The Morgan fingerprint density at radius 1 is 1.31 bits per heavy atom. The second-order valence-corrected chi connectivity index (χ2v) is 7.03. The van der Waals surface area contributed by atoms with Gasteiger partial charge in [0.1, 0.15) is 5.56 Å². The molecule has 7 nitrogen and oxygen atoms in total. The van der Waals surface area contributed by atoms with Crippen molar-refractivity contribution in [2.24, 2.45) is 17.6 Å². The summed E-state index contributed by atoms with van der Waals surface area (Å²) in [6.45, 7) is 5.25. The van der Waals surface area contributed by atoms with Crippen LogP contribution < -0.4 is 20.5 Å². The highest BCUT2D eigenvalue weighted by molar-refractivity contribution is 5.94. The first-order valence-corrected chi connectivity index (χ1v) is 9.03. The second kappa shape index (κ2) is 9.43. The van der Waals surface area contributed by atoms with Crippen LogP contribution in [0, 0.1) is 11.8 Å². The predicted molar refractivity (Wildman–Crippen MR) is 97.5 cm³/mol. The first-order valence-electron chi connectivity index (χ1n) is 9.03. The van der Waals surface area contributed by atoms with Crippen LogP contribution >= 0.6 is 0 Å². The van der Waals surface area contributed by atoms with Crippen molar-refractivity contribution in [3.8, 4) is 11.5 Å². The van der Waals surface area contributed by atoms with Gasteiger partial charge in [-0.3, -0.25) is 4.79 Å². The fourth-order valence-corrected chi connectivity index (χ4v) is 3.24. The quantitative estimate of drug-likeness (QED) is 0.587. The molecule has 0 unspecified atom stereocenters. The number of ether oxygens (including phenoxy) is 2. The highest BCUT2D eigenvalue weighted by atomic mass is 16.7. The number of hydrogen-bond acceptors (Lipinski definition) is 5. The van der Waals surface area contributed by atoms with Crippen LogP contribution in [-0.2, 0) is 11.2 Å². The van der Waals surface area contributed by atoms with Crippen molar-refractivity contribution in [2.45, 2.75) is 39.5 Å². The Balaban J connectivity index is 2.12. The zero-order chi connectivity index (χ0) is 19.1. The number of carbonyl (C=O) groups is 2. The van der Waals surface area contributed by atoms with Crippen LogP contribution in [0.25, 0.3) is 0 Å². The van der Waals surface area contributed by atoms with Crippen LogP contribution in [0.1, 0.15) is 49.0 Å². The van der Waals surface area contributed by atoms with E-state index in [1.54, 1.807) is 12.1 Å². The van der Waals surface area contributed by atoms with Gasteiger partial charge in [0.25, 0.3) is 0 Å². The summed E-state index contributed by atoms with van der Waals surface area (Å²) in [5.74, 6) is 0.274. The molecule has 0 aliphatic carbocycles. The van der Waals surface area contributed by atoms with Crippen molar-refractivity contribution < 1.29 is 24.2 Å². The van der Waals surface area contributed by atoms with Crippen LogP contribution in [0.2, 0.25) is 0 Å². The van der Waals surface area contributed by atoms with Gasteiger partial charge in [-0.1, -0.05) is 19.9 Å². The van der Waals surface area contributed by atoms with Gasteiger partial charge < -0.3 is 25.6 Å². The van der Waals surface area contributed by atoms with Crippen molar-refractivity contribution in [1.82, 2.24) is 5.32 Å². The van der Waals surface area contributed by atoms with E-state index in [9.17, 15) is 14.7 Å². The van der Waals surface area contributed by atoms with E-state index >= 15 is 0 Å². The molecule has 0 bridgehead atoms. The Labute approximate surface area is 153 Å². The summed E-state index contributed by atoms with van der Waals surface area (Å²) >= 11 is 0. The minimum atomic E-state index is -1.03. The lowest BCUT2D eigenvalue weighted by atomic mass is 9.88. The second-order valence-electron chi connectivity index (χ2n) is 7.03. The van der Waals surface area contributed by atoms with Crippen LogP contribution in [-0.4, -0.2) is 36.9 Å². The van der Waals surface area contributed by atoms with E-state index in [-0.39, 0.29) is 24.2 Å². The van der Waals surface area contributed by atoms with E-state index in [1.165, 1.54) is 0 Å². The van der Waals surface area contributed by atoms with Crippen LogP contribution in [0.3, 0.4) is 0 Å². The molecular formula is C19H28N2O5. The Morgan fingerprint density at radius 2 is 2.08 bits per heavy atom. The molecule has 144 valence electrons. The maximum Gasteiger partial charge on any atom is 0.339 e. The minimum Gasteiger partial charge on any atom is -0.478 e. The number of nitrogens with two attached hydrogens (primary N) is 1. The van der Waals surface area contributed by atoms with Crippen molar-refractivity contribution in [3.05, 3.63) is 23.3 Å². The molecule has 26 heavy (non-hydrogen) atoms. The number of hydrogen-bond donors (Lipinski definition) is 3. The molecule has 0 spiro atoms. The molecule has 4 N–H and O–H groups in total. The topological polar surface area (TPSA) is 111 Å². The highest BCUT2D eigenvalue weighted by Gasteiger charge is 2.27. The Bertz CT molecular complexity index is 645. The standard InChI is InChI=1S/C19H28N2O5/c1-12(2)8-13(10-21-16(22)4-3-7-20)9-14-5-6-15-18(26-11-25-15)17(14)19(23)24/h5-6,12-13H,3-4,7-11,20H2,1-2H3,(H,21,22)(H,23,24)/t13-/m0/s1. The summed E-state index contributed by atoms with van der Waals surface area (Å²) in [6.07, 6.45) is 2.50. The van der Waals surface area contributed by atoms with Crippen molar-refractivity contribution in [3.63, 3.8) is 0 Å². The van der Waals surface area contributed by atoms with E-state index in [1.807, 2.05) is 0 Å². The molecule has 0 saturated heterocycles. The third-order valence-corrected chi connectivity index (χ3v) is 4.35. The average molecular weight is 364 g/mol. The number of carboxylic acid groups (broad SMARTS) is 1. The first kappa shape index (κ1) is 20.0. The van der Waals surface area contributed by atoms with Gasteiger partial charge in [0.05, 0.1) is 0 Å². The van der Waals surface area contributed by atoms with Gasteiger partial charge in [-0.15, -0.1) is 0 Å². The number of fused-ring (bicyclic) bond motifs is 1. The van der Waals surface area contributed by atoms with E-state index in [0.717, 1.165) is 6.42 Å². The van der Waals surface area contributed by atoms with E-state index in [2.05, 4.69) is 19.2 Å². The lowest BCUT2D eigenvalue weighted by Crippen LogP contribution is -2.31. The third-order valence-electron chi connectivity index (χ3n) is 4.35. The van der Waals surface area contributed by atoms with E-state index < -0.39 is 5.97 Å². The largest absolute Gasteiger partial charge is 0.478 e. The van der Waals surface area contributed by atoms with E-state index in [0.29, 0.717) is 55.3 Å². The van der Waals surface area contributed by atoms with Gasteiger partial charge in [-0.25, -0.2) is 4.79 Å². The summed E-state index contributed by atoms with van der Waals surface area (Å²) in [6, 6.07) is 3.52. The van der Waals surface area contributed by atoms with Crippen LogP contribution in [0.15, 0.2) is 12.1 Å². The molecule has 1 aromatic rings. The molecular weight excluding hydrogens is 336 g/mol. The lowest BCUT2D eigenvalue weighted by Gasteiger charge is -2.21. The Kier molecular flexibility index (Phi) is 7.26. The summed E-state index contributed by atoms with van der Waals surface area (Å²) in [5, 5.41) is 12.6. The molecule has 0 fully saturated rings. The molecule has 0 aromatic heterocycles. The maximum absolute atomic E-state index is 11.9. The third kappa shape index (κ3) is 5.36.